The number of nitro benzene ring substituents is 1. The number of thioether (sulfide) groups is 1. The van der Waals surface area contributed by atoms with Crippen LogP contribution in [-0.4, -0.2) is 46.6 Å². The van der Waals surface area contributed by atoms with E-state index >= 15 is 0 Å². The molecule has 3 heterocycles. The Hall–Kier alpha value is -4.46. The molecule has 0 aliphatic carbocycles. The van der Waals surface area contributed by atoms with Crippen molar-refractivity contribution in [2.45, 2.75) is 22.7 Å². The lowest BCUT2D eigenvalue weighted by atomic mass is 9.83. The number of non-ortho nitro benzene ring substituents is 1. The predicted molar refractivity (Wildman–Crippen MR) is 170 cm³/mol. The molecule has 1 aromatic heterocycles. The van der Waals surface area contributed by atoms with E-state index in [1.807, 2.05) is 43.3 Å². The molecule has 0 radical (unpaired) electrons. The maximum absolute atomic E-state index is 14.0. The number of hydrogen-bond acceptors (Lipinski definition) is 9. The van der Waals surface area contributed by atoms with Gasteiger partial charge in [-0.2, -0.15) is 0 Å². The molecule has 1 saturated heterocycles. The van der Waals surface area contributed by atoms with Crippen molar-refractivity contribution in [2.75, 3.05) is 29.2 Å². The number of halogens is 1. The van der Waals surface area contributed by atoms with E-state index in [-0.39, 0.29) is 22.8 Å². The molecule has 2 unspecified atom stereocenters. The monoisotopic (exact) mass is 649 g/mol. The number of rotatable bonds is 7. The quantitative estimate of drug-likeness (QED) is 0.168. The number of aromatic nitrogens is 1. The number of fused-ring (bicyclic) bond motifs is 2. The highest BCUT2D eigenvalue weighted by molar-refractivity contribution is 8.00. The average Bonchev–Trinajstić information content (AvgIpc) is 3.44. The van der Waals surface area contributed by atoms with E-state index in [1.165, 1.54) is 28.8 Å². The Bertz CT molecular complexity index is 1850. The zero-order chi connectivity index (χ0) is 31.3. The zero-order valence-corrected chi connectivity index (χ0v) is 25.7. The summed E-state index contributed by atoms with van der Waals surface area (Å²) in [5.74, 6) is -2.86. The van der Waals surface area contributed by atoms with Crippen LogP contribution in [-0.2, 0) is 20.9 Å². The van der Waals surface area contributed by atoms with Crippen molar-refractivity contribution in [3.63, 3.8) is 0 Å². The van der Waals surface area contributed by atoms with Crippen molar-refractivity contribution >= 4 is 75.2 Å². The van der Waals surface area contributed by atoms with Crippen molar-refractivity contribution in [2.24, 2.45) is 5.92 Å². The molecule has 44 heavy (non-hydrogen) atoms. The molecule has 2 aliphatic heterocycles. The molecule has 3 amide bonds. The van der Waals surface area contributed by atoms with Crippen LogP contribution in [0.25, 0.3) is 0 Å². The fourth-order valence-corrected chi connectivity index (χ4v) is 8.35. The fraction of sp³-hybridized carbons (Fsp3) is 0.200. The van der Waals surface area contributed by atoms with Crippen molar-refractivity contribution < 1.29 is 19.3 Å². The Morgan fingerprint density at radius 2 is 1.64 bits per heavy atom. The van der Waals surface area contributed by atoms with Crippen molar-refractivity contribution in [3.8, 4) is 0 Å². The first-order chi connectivity index (χ1) is 21.0. The lowest BCUT2D eigenvalue weighted by molar-refractivity contribution is -0.384. The van der Waals surface area contributed by atoms with Crippen LogP contribution in [0.1, 0.15) is 16.4 Å². The predicted octanol–water partition coefficient (Wildman–Crippen LogP) is 4.97. The molecule has 6 rings (SSSR count). The number of imide groups is 1. The van der Waals surface area contributed by atoms with Gasteiger partial charge in [0.15, 0.2) is 0 Å². The molecule has 11 nitrogen and oxygen atoms in total. The number of thiazole rings is 1. The molecular formula is C30H24ClN5O6S2. The Morgan fingerprint density at radius 3 is 2.25 bits per heavy atom. The highest BCUT2D eigenvalue weighted by Gasteiger charge is 2.56. The van der Waals surface area contributed by atoms with Crippen molar-refractivity contribution in [3.05, 3.63) is 108 Å². The summed E-state index contributed by atoms with van der Waals surface area (Å²) in [5.41, 5.74) is 2.25. The van der Waals surface area contributed by atoms with Gasteiger partial charge in [0.05, 0.1) is 21.6 Å². The summed E-state index contributed by atoms with van der Waals surface area (Å²) in [6, 6.07) is 19.4. The third-order valence-corrected chi connectivity index (χ3v) is 10.4. The van der Waals surface area contributed by atoms with Crippen LogP contribution in [0.3, 0.4) is 0 Å². The van der Waals surface area contributed by atoms with Gasteiger partial charge < -0.3 is 10.2 Å². The van der Waals surface area contributed by atoms with E-state index in [2.05, 4.69) is 5.32 Å². The van der Waals surface area contributed by atoms with Gasteiger partial charge in [-0.3, -0.25) is 33.9 Å². The number of nitro groups is 1. The minimum atomic E-state index is -0.886. The SMILES string of the molecule is CN(C)c1ccc([C@H]2c3sc(=O)n(CC(=O)Nc4ccc(Cl)cc4)c3SC3C(=O)N(c4ccc([N+](=O)[O-])cc4)C(=O)C32)cc1. The summed E-state index contributed by atoms with van der Waals surface area (Å²) in [5, 5.41) is 14.0. The number of amides is 3. The summed E-state index contributed by atoms with van der Waals surface area (Å²) >= 11 is 8.00. The standard InChI is InChI=1S/C30H24ClN5O6S2/c1-33(2)19-9-3-16(4-10-19)23-24-25(28(39)35(27(24)38)20-11-13-21(14-12-20)36(41)42)43-29-26(23)44-30(40)34(29)15-22(37)32-18-7-5-17(31)6-8-18/h3-14,23-25H,15H2,1-2H3,(H,32,37)/t23-,24?,25?/m1/s1. The number of carbonyl (C=O) groups is 3. The summed E-state index contributed by atoms with van der Waals surface area (Å²) in [6.45, 7) is -0.293. The van der Waals surface area contributed by atoms with Gasteiger partial charge in [-0.05, 0) is 54.1 Å². The van der Waals surface area contributed by atoms with Crippen LogP contribution in [0.4, 0.5) is 22.7 Å². The lowest BCUT2D eigenvalue weighted by Crippen LogP contribution is -2.33. The molecular weight excluding hydrogens is 626 g/mol. The first kappa shape index (κ1) is 29.6. The molecule has 1 N–H and O–H groups in total. The van der Waals surface area contributed by atoms with Gasteiger partial charge in [0.1, 0.15) is 11.8 Å². The van der Waals surface area contributed by atoms with E-state index in [0.717, 1.165) is 39.2 Å². The minimum absolute atomic E-state index is 0.165. The maximum atomic E-state index is 14.0. The summed E-state index contributed by atoms with van der Waals surface area (Å²) in [4.78, 5) is 68.1. The summed E-state index contributed by atoms with van der Waals surface area (Å²) in [6.07, 6.45) is 0. The number of anilines is 3. The Labute approximate surface area is 264 Å². The van der Waals surface area contributed by atoms with Gasteiger partial charge in [-0.25, -0.2) is 4.90 Å². The van der Waals surface area contributed by atoms with Gasteiger partial charge >= 0.3 is 4.87 Å². The van der Waals surface area contributed by atoms with Crippen molar-refractivity contribution in [1.29, 1.82) is 0 Å². The van der Waals surface area contributed by atoms with Crippen LogP contribution >= 0.6 is 34.7 Å². The van der Waals surface area contributed by atoms with E-state index < -0.39 is 39.7 Å². The normalized spacial score (nSPS) is 19.0. The molecule has 4 aromatic rings. The molecule has 1 fully saturated rings. The first-order valence-electron chi connectivity index (χ1n) is 13.4. The highest BCUT2D eigenvalue weighted by atomic mass is 35.5. The van der Waals surface area contributed by atoms with E-state index in [0.29, 0.717) is 20.6 Å². The van der Waals surface area contributed by atoms with Crippen LogP contribution in [0, 0.1) is 16.0 Å². The van der Waals surface area contributed by atoms with Gasteiger partial charge in [0, 0.05) is 53.4 Å². The number of benzene rings is 3. The van der Waals surface area contributed by atoms with Gasteiger partial charge in [0.25, 0.3) is 5.69 Å². The number of nitrogens with one attached hydrogen (secondary N) is 1. The Kier molecular flexibility index (Phi) is 7.78. The highest BCUT2D eigenvalue weighted by Crippen LogP contribution is 2.54. The molecule has 0 spiro atoms. The third kappa shape index (κ3) is 5.27. The van der Waals surface area contributed by atoms with E-state index in [9.17, 15) is 29.3 Å². The van der Waals surface area contributed by atoms with Crippen molar-refractivity contribution in [1.82, 2.24) is 4.57 Å². The van der Waals surface area contributed by atoms with Gasteiger partial charge in [-0.1, -0.05) is 46.8 Å². The van der Waals surface area contributed by atoms with Crippen LogP contribution in [0.2, 0.25) is 5.02 Å². The Morgan fingerprint density at radius 1 is 0.977 bits per heavy atom. The number of hydrogen-bond donors (Lipinski definition) is 1. The molecule has 0 saturated carbocycles. The maximum Gasteiger partial charge on any atom is 0.308 e. The second-order valence-corrected chi connectivity index (χ2v) is 13.1. The number of nitrogens with zero attached hydrogens (tertiary/aromatic N) is 4. The topological polar surface area (TPSA) is 135 Å². The summed E-state index contributed by atoms with van der Waals surface area (Å²) < 4.78 is 1.35. The van der Waals surface area contributed by atoms with Crippen LogP contribution in [0.15, 0.2) is 82.6 Å². The second-order valence-electron chi connectivity index (χ2n) is 10.5. The average molecular weight is 650 g/mol. The molecule has 3 aromatic carbocycles. The zero-order valence-electron chi connectivity index (χ0n) is 23.3. The second kappa shape index (κ2) is 11.6. The fourth-order valence-electron chi connectivity index (χ4n) is 5.45. The summed E-state index contributed by atoms with van der Waals surface area (Å²) in [7, 11) is 3.81. The van der Waals surface area contributed by atoms with E-state index in [4.69, 9.17) is 11.6 Å². The van der Waals surface area contributed by atoms with Crippen LogP contribution in [0.5, 0.6) is 0 Å². The molecule has 0 bridgehead atoms. The first-order valence-corrected chi connectivity index (χ1v) is 15.5. The lowest BCUT2D eigenvalue weighted by Gasteiger charge is -2.31. The smallest absolute Gasteiger partial charge is 0.308 e. The third-order valence-electron chi connectivity index (χ3n) is 7.57. The number of carbonyl (C=O) groups excluding carboxylic acids is 3. The van der Waals surface area contributed by atoms with E-state index in [1.54, 1.807) is 24.3 Å². The Balaban J connectivity index is 1.40. The van der Waals surface area contributed by atoms with Gasteiger partial charge in [-0.15, -0.1) is 0 Å². The van der Waals surface area contributed by atoms with Gasteiger partial charge in [0.2, 0.25) is 17.7 Å². The molecule has 2 aliphatic rings. The largest absolute Gasteiger partial charge is 0.378 e. The molecule has 3 atom stereocenters. The van der Waals surface area contributed by atoms with Crippen LogP contribution < -0.4 is 20.0 Å². The molecule has 14 heteroatoms. The molecule has 224 valence electrons. The minimum Gasteiger partial charge on any atom is -0.378 e.